The lowest BCUT2D eigenvalue weighted by Crippen LogP contribution is -2.09. The third-order valence-electron chi connectivity index (χ3n) is 8.09. The molecule has 4 heterocycles. The molecule has 262 valence electrons. The molecular formula is C41H25N5O4S4. The van der Waals surface area contributed by atoms with E-state index >= 15 is 0 Å². The van der Waals surface area contributed by atoms with Crippen molar-refractivity contribution < 1.29 is 19.8 Å². The number of rotatable bonds is 11. The molecule has 2 N–H and O–H groups in total. The van der Waals surface area contributed by atoms with E-state index < -0.39 is 11.9 Å². The summed E-state index contributed by atoms with van der Waals surface area (Å²) in [6, 6.07) is 37.2. The fraction of sp³-hybridized carbons (Fsp3) is 0.0244. The van der Waals surface area contributed by atoms with Crippen LogP contribution in [0.25, 0.3) is 44.2 Å². The molecule has 0 aliphatic heterocycles. The lowest BCUT2D eigenvalue weighted by molar-refractivity contribution is 0.0685. The smallest absolute Gasteiger partial charge is 0.365 e. The van der Waals surface area contributed by atoms with Gasteiger partial charge in [0.05, 0.1) is 20.9 Å². The van der Waals surface area contributed by atoms with E-state index in [1.165, 1.54) is 35.1 Å². The van der Waals surface area contributed by atoms with Crippen molar-refractivity contribution in [2.45, 2.75) is 6.92 Å². The van der Waals surface area contributed by atoms with Crippen molar-refractivity contribution in [2.24, 2.45) is 0 Å². The number of hydrogen-bond donors (Lipinski definition) is 2. The van der Waals surface area contributed by atoms with Crippen LogP contribution in [0.15, 0.2) is 109 Å². The highest BCUT2D eigenvalue weighted by Crippen LogP contribution is 2.39. The number of thiophene rings is 2. The Labute approximate surface area is 325 Å². The van der Waals surface area contributed by atoms with Gasteiger partial charge in [-0.3, -0.25) is 0 Å². The molecule has 3 aromatic carbocycles. The molecule has 0 fully saturated rings. The van der Waals surface area contributed by atoms with Crippen LogP contribution in [0.3, 0.4) is 0 Å². The van der Waals surface area contributed by atoms with E-state index in [9.17, 15) is 30.3 Å². The van der Waals surface area contributed by atoms with Crippen molar-refractivity contribution in [3.63, 3.8) is 0 Å². The number of thiazole rings is 2. The quantitative estimate of drug-likeness (QED) is 0.122. The second kappa shape index (κ2) is 15.6. The van der Waals surface area contributed by atoms with Gasteiger partial charge in [-0.15, -0.1) is 45.3 Å². The van der Waals surface area contributed by atoms with E-state index in [-0.39, 0.29) is 10.0 Å². The normalized spacial score (nSPS) is 11.5. The van der Waals surface area contributed by atoms with E-state index in [1.54, 1.807) is 12.2 Å². The molecule has 0 bridgehead atoms. The van der Waals surface area contributed by atoms with Gasteiger partial charge < -0.3 is 15.1 Å². The minimum atomic E-state index is -1.12. The highest BCUT2D eigenvalue weighted by atomic mass is 32.1. The summed E-state index contributed by atoms with van der Waals surface area (Å²) < 4.78 is 0. The third kappa shape index (κ3) is 7.80. The Morgan fingerprint density at radius 1 is 0.593 bits per heavy atom. The molecular weight excluding hydrogens is 755 g/mol. The molecule has 0 unspecified atom stereocenters. The molecule has 0 aliphatic rings. The van der Waals surface area contributed by atoms with Crippen molar-refractivity contribution >= 4 is 97.6 Å². The molecule has 54 heavy (non-hydrogen) atoms. The van der Waals surface area contributed by atoms with Crippen LogP contribution in [0, 0.1) is 29.6 Å². The van der Waals surface area contributed by atoms with E-state index in [4.69, 9.17) is 0 Å². The highest BCUT2D eigenvalue weighted by Gasteiger charge is 2.16. The maximum absolute atomic E-state index is 11.3. The van der Waals surface area contributed by atoms with Crippen LogP contribution >= 0.6 is 45.3 Å². The van der Waals surface area contributed by atoms with Crippen molar-refractivity contribution in [3.05, 3.63) is 145 Å². The summed E-state index contributed by atoms with van der Waals surface area (Å²) in [7, 11) is 0. The van der Waals surface area contributed by atoms with E-state index in [0.29, 0.717) is 20.9 Å². The zero-order chi connectivity index (χ0) is 37.8. The van der Waals surface area contributed by atoms with Crippen LogP contribution in [0.4, 0.5) is 17.1 Å². The third-order valence-corrected chi connectivity index (χ3v) is 12.3. The topological polar surface area (TPSA) is 151 Å². The summed E-state index contributed by atoms with van der Waals surface area (Å²) in [6.07, 6.45) is 6.34. The maximum Gasteiger partial charge on any atom is 0.365 e. The zero-order valence-electron chi connectivity index (χ0n) is 28.1. The van der Waals surface area contributed by atoms with Crippen LogP contribution < -0.4 is 4.90 Å². The number of allylic oxidation sites excluding steroid dienone is 2. The number of nitrogens with zero attached hydrogens (tertiary/aromatic N) is 5. The predicted octanol–water partition coefficient (Wildman–Crippen LogP) is 11.4. The minimum Gasteiger partial charge on any atom is -0.476 e. The van der Waals surface area contributed by atoms with Crippen LogP contribution in [0.5, 0.6) is 0 Å². The summed E-state index contributed by atoms with van der Waals surface area (Å²) in [5.74, 6) is -2.24. The predicted molar refractivity (Wildman–Crippen MR) is 218 cm³/mol. The van der Waals surface area contributed by atoms with Crippen LogP contribution in [0.2, 0.25) is 0 Å². The average Bonchev–Trinajstić information content (AvgIpc) is 4.02. The molecule has 7 rings (SSSR count). The molecule has 0 atom stereocenters. The van der Waals surface area contributed by atoms with Crippen molar-refractivity contribution in [3.8, 4) is 33.0 Å². The first-order valence-electron chi connectivity index (χ1n) is 16.1. The van der Waals surface area contributed by atoms with Crippen molar-refractivity contribution in [1.29, 1.82) is 10.5 Å². The summed E-state index contributed by atoms with van der Waals surface area (Å²) in [6.45, 7) is 2.06. The minimum absolute atomic E-state index is 0.0565. The number of carbonyl (C=O) groups is 2. The van der Waals surface area contributed by atoms with Gasteiger partial charge in [0.25, 0.3) is 0 Å². The molecule has 0 saturated carbocycles. The fourth-order valence-electron chi connectivity index (χ4n) is 5.46. The largest absolute Gasteiger partial charge is 0.476 e. The standard InChI is InChI=1S/C41H25N5O4S4/c1-24-2-8-29(9-3-24)46(30-10-4-25(5-11-30)34-16-14-32(51-34)18-27(20-42)36-22-44-38(53-36)40(47)48)31-12-6-26(7-13-31)35-17-15-33(52-35)19-28(21-43)37-23-45-39(54-37)41(49)50/h2-19,22-23H,1H3,(H,47,48)(H,49,50)/b27-18+,28-19+. The second-order valence-electron chi connectivity index (χ2n) is 11.7. The number of aryl methyl sites for hydroxylation is 1. The molecule has 0 radical (unpaired) electrons. The van der Waals surface area contributed by atoms with Crippen LogP contribution in [-0.2, 0) is 0 Å². The van der Waals surface area contributed by atoms with Gasteiger partial charge in [0.1, 0.15) is 12.1 Å². The van der Waals surface area contributed by atoms with Gasteiger partial charge in [-0.2, -0.15) is 10.5 Å². The molecule has 4 aromatic heterocycles. The Hall–Kier alpha value is -6.48. The summed E-state index contributed by atoms with van der Waals surface area (Å²) in [5.41, 5.74) is 6.86. The Kier molecular flexibility index (Phi) is 10.4. The van der Waals surface area contributed by atoms with E-state index in [1.807, 2.05) is 24.3 Å². The Bertz CT molecular complexity index is 2490. The number of hydrogen-bond acceptors (Lipinski definition) is 11. The number of aromatic carboxylic acids is 2. The van der Waals surface area contributed by atoms with Gasteiger partial charge in [0.2, 0.25) is 10.0 Å². The number of carboxylic acids is 2. The van der Waals surface area contributed by atoms with Gasteiger partial charge in [0, 0.05) is 49.0 Å². The van der Waals surface area contributed by atoms with Gasteiger partial charge in [-0.1, -0.05) is 42.0 Å². The van der Waals surface area contributed by atoms with Gasteiger partial charge >= 0.3 is 11.9 Å². The molecule has 13 heteroatoms. The number of anilines is 3. The number of aromatic nitrogens is 2. The number of nitriles is 2. The zero-order valence-corrected chi connectivity index (χ0v) is 31.4. The summed E-state index contributed by atoms with van der Waals surface area (Å²) >= 11 is 5.02. The van der Waals surface area contributed by atoms with Crippen molar-refractivity contribution in [2.75, 3.05) is 4.90 Å². The molecule has 7 aromatic rings. The van der Waals surface area contributed by atoms with E-state index in [2.05, 4.69) is 107 Å². The van der Waals surface area contributed by atoms with Crippen LogP contribution in [-0.4, -0.2) is 32.1 Å². The van der Waals surface area contributed by atoms with Gasteiger partial charge in [-0.25, -0.2) is 19.6 Å². The lowest BCUT2D eigenvalue weighted by Gasteiger charge is -2.26. The molecule has 0 aliphatic carbocycles. The van der Waals surface area contributed by atoms with Gasteiger partial charge in [-0.05, 0) is 90.9 Å². The molecule has 9 nitrogen and oxygen atoms in total. The van der Waals surface area contributed by atoms with Gasteiger partial charge in [0.15, 0.2) is 0 Å². The number of carboxylic acid groups (broad SMARTS) is 2. The second-order valence-corrected chi connectivity index (χ2v) is 16.0. The Balaban J connectivity index is 1.13. The monoisotopic (exact) mass is 779 g/mol. The fourth-order valence-corrected chi connectivity index (χ4v) is 8.81. The SMILES string of the molecule is Cc1ccc(N(c2ccc(-c3ccc(/C=C(\C#N)c4cnc(C(=O)O)s4)s3)cc2)c2ccc(-c3ccc(/C=C(\C#N)c4cnc(C(=O)O)s4)s3)cc2)cc1. The lowest BCUT2D eigenvalue weighted by atomic mass is 10.1. The summed E-state index contributed by atoms with van der Waals surface area (Å²) in [5, 5.41) is 37.8. The Morgan fingerprint density at radius 2 is 0.981 bits per heavy atom. The first-order chi connectivity index (χ1) is 26.2. The van der Waals surface area contributed by atoms with Crippen molar-refractivity contribution in [1.82, 2.24) is 9.97 Å². The van der Waals surface area contributed by atoms with Crippen LogP contribution in [0.1, 0.15) is 44.7 Å². The molecule has 0 saturated heterocycles. The first kappa shape index (κ1) is 35.9. The average molecular weight is 780 g/mol. The summed E-state index contributed by atoms with van der Waals surface area (Å²) in [4.78, 5) is 37.3. The number of benzene rings is 3. The first-order valence-corrected chi connectivity index (χ1v) is 19.4. The molecule has 0 spiro atoms. The Morgan fingerprint density at radius 3 is 1.33 bits per heavy atom. The molecule has 0 amide bonds. The highest BCUT2D eigenvalue weighted by molar-refractivity contribution is 7.17. The van der Waals surface area contributed by atoms with E-state index in [0.717, 1.165) is 75.9 Å². The maximum atomic E-state index is 11.3.